The Morgan fingerprint density at radius 2 is 1.23 bits per heavy atom. The predicted octanol–water partition coefficient (Wildman–Crippen LogP) is 11.3. The molecule has 1 aromatic carbocycles. The molecule has 0 bridgehead atoms. The van der Waals surface area contributed by atoms with Gasteiger partial charge in [0.2, 0.25) is 0 Å². The number of rotatable bonds is 3. The van der Waals surface area contributed by atoms with Gasteiger partial charge in [0.05, 0.1) is 8.07 Å². The number of hydrogen-bond acceptors (Lipinski definition) is 2. The zero-order valence-electron chi connectivity index (χ0n) is 26.4. The molecule has 2 heterocycles. The highest BCUT2D eigenvalue weighted by atomic mass is 32.2. The Kier molecular flexibility index (Phi) is 7.24. The van der Waals surface area contributed by atoms with Crippen molar-refractivity contribution in [2.24, 2.45) is 23.7 Å². The molecule has 3 aliphatic carbocycles. The summed E-state index contributed by atoms with van der Waals surface area (Å²) in [4.78, 5) is 3.22. The van der Waals surface area contributed by atoms with Crippen LogP contribution in [0.1, 0.15) is 110 Å². The van der Waals surface area contributed by atoms with Gasteiger partial charge < -0.3 is 0 Å². The lowest BCUT2D eigenvalue weighted by Gasteiger charge is -2.46. The van der Waals surface area contributed by atoms with Crippen LogP contribution in [-0.4, -0.2) is 18.6 Å². The number of benzene rings is 1. The average molecular weight is 579 g/mol. The molecule has 6 rings (SSSR count). The fourth-order valence-electron chi connectivity index (χ4n) is 9.83. The molecule has 0 aromatic heterocycles. The molecule has 8 atom stereocenters. The van der Waals surface area contributed by atoms with Gasteiger partial charge in [0.25, 0.3) is 0 Å². The van der Waals surface area contributed by atoms with Crippen LogP contribution in [0.3, 0.4) is 0 Å². The molecule has 8 unspecified atom stereocenters. The lowest BCUT2D eigenvalue weighted by molar-refractivity contribution is 0.235. The molecular formula is C36H54S2Si. The van der Waals surface area contributed by atoms with Crippen LogP contribution in [0, 0.1) is 23.7 Å². The maximum absolute atomic E-state index is 2.86. The van der Waals surface area contributed by atoms with Gasteiger partial charge >= 0.3 is 0 Å². The number of allylic oxidation sites excluding steroid dienone is 4. The molecule has 3 heteroatoms. The largest absolute Gasteiger partial charge is 0.127 e. The highest BCUT2D eigenvalue weighted by molar-refractivity contribution is 8.05. The fourth-order valence-corrected chi connectivity index (χ4v) is 20.3. The lowest BCUT2D eigenvalue weighted by atomic mass is 9.69. The zero-order valence-corrected chi connectivity index (χ0v) is 29.1. The van der Waals surface area contributed by atoms with Gasteiger partial charge in [0.15, 0.2) is 0 Å². The van der Waals surface area contributed by atoms with Gasteiger partial charge in [-0.05, 0) is 105 Å². The predicted molar refractivity (Wildman–Crippen MR) is 179 cm³/mol. The summed E-state index contributed by atoms with van der Waals surface area (Å²) in [6.07, 6.45) is 12.7. The van der Waals surface area contributed by atoms with E-state index in [1.54, 1.807) is 26.5 Å². The van der Waals surface area contributed by atoms with E-state index in [0.717, 1.165) is 51.2 Å². The molecule has 1 aromatic rings. The minimum atomic E-state index is -1.50. The highest BCUT2D eigenvalue weighted by Gasteiger charge is 2.62. The number of fused-ring (bicyclic) bond motifs is 4. The van der Waals surface area contributed by atoms with Gasteiger partial charge in [-0.2, -0.15) is 0 Å². The second kappa shape index (κ2) is 9.83. The van der Waals surface area contributed by atoms with E-state index in [1.807, 2.05) is 0 Å². The van der Waals surface area contributed by atoms with Crippen molar-refractivity contribution in [1.82, 2.24) is 0 Å². The van der Waals surface area contributed by atoms with Crippen LogP contribution in [0.2, 0.25) is 24.2 Å². The topological polar surface area (TPSA) is 0 Å². The minimum Gasteiger partial charge on any atom is -0.127 e. The van der Waals surface area contributed by atoms with E-state index in [9.17, 15) is 0 Å². The van der Waals surface area contributed by atoms with Crippen LogP contribution in [0.25, 0.3) is 0 Å². The molecule has 0 radical (unpaired) electrons. The van der Waals surface area contributed by atoms with Gasteiger partial charge in [0.1, 0.15) is 0 Å². The average Bonchev–Trinajstić information content (AvgIpc) is 3.58. The molecule has 5 aliphatic rings. The maximum atomic E-state index is 2.86. The van der Waals surface area contributed by atoms with E-state index in [2.05, 4.69) is 122 Å². The van der Waals surface area contributed by atoms with Crippen molar-refractivity contribution in [2.75, 3.05) is 0 Å². The second-order valence-electron chi connectivity index (χ2n) is 16.6. The van der Waals surface area contributed by atoms with E-state index in [4.69, 9.17) is 0 Å². The Morgan fingerprint density at radius 3 is 1.74 bits per heavy atom. The van der Waals surface area contributed by atoms with Crippen LogP contribution in [0.4, 0.5) is 0 Å². The third-order valence-corrected chi connectivity index (χ3v) is 20.1. The second-order valence-corrected chi connectivity index (χ2v) is 24.5. The normalized spacial score (nSPS) is 38.4. The van der Waals surface area contributed by atoms with E-state index >= 15 is 0 Å². The Hall–Kier alpha value is -0.383. The first-order chi connectivity index (χ1) is 18.2. The summed E-state index contributed by atoms with van der Waals surface area (Å²) >= 11 is 4.55. The van der Waals surface area contributed by atoms with Crippen molar-refractivity contribution in [1.29, 1.82) is 0 Å². The summed E-state index contributed by atoms with van der Waals surface area (Å²) in [5.74, 6) is 4.22. The molecule has 2 aliphatic heterocycles. The summed E-state index contributed by atoms with van der Waals surface area (Å²) in [5, 5.41) is 1.71. The van der Waals surface area contributed by atoms with Gasteiger partial charge in [-0.3, -0.25) is 0 Å². The van der Waals surface area contributed by atoms with Crippen LogP contribution < -0.4 is 0 Å². The Labute approximate surface area is 250 Å². The molecule has 3 saturated carbocycles. The molecule has 0 nitrogen and oxygen atoms in total. The molecule has 0 amide bonds. The van der Waals surface area contributed by atoms with Crippen LogP contribution in [-0.2, 0) is 10.8 Å². The Balaban J connectivity index is 1.31. The summed E-state index contributed by atoms with van der Waals surface area (Å²) in [5.41, 5.74) is 7.12. The van der Waals surface area contributed by atoms with Gasteiger partial charge in [-0.25, -0.2) is 0 Å². The zero-order chi connectivity index (χ0) is 28.1. The monoisotopic (exact) mass is 578 g/mol. The standard InChI is InChI=1S/C36H54S2Si/c1-21-16-29-30-17-22(2)38-33(30)34(32(29)37-21)39(9,10)31-15-14-27-26(12-11-13-28(27)31)23-18-24(35(3,4)5)20-25(19-23)36(6,7)8/h16-20,26-34H,11-15H2,1-10H3. The SMILES string of the molecule is CC1=CC2C3C=C(C)SC3C([Si](C)(C)C3CCC4C(c5cc(C(C)(C)C)cc(C(C)(C)C)c5)CCCC43)C2S1. The van der Waals surface area contributed by atoms with Crippen LogP contribution in [0.5, 0.6) is 0 Å². The van der Waals surface area contributed by atoms with Gasteiger partial charge in [-0.15, -0.1) is 23.5 Å². The quantitative estimate of drug-likeness (QED) is 0.327. The molecule has 39 heavy (non-hydrogen) atoms. The molecule has 0 spiro atoms. The summed E-state index contributed by atoms with van der Waals surface area (Å²) in [6, 6.07) is 7.80. The van der Waals surface area contributed by atoms with Crippen molar-refractivity contribution < 1.29 is 0 Å². The van der Waals surface area contributed by atoms with E-state index in [-0.39, 0.29) is 10.8 Å². The number of thioether (sulfide) groups is 2. The third kappa shape index (κ3) is 4.91. The minimum absolute atomic E-state index is 0.197. The molecule has 214 valence electrons. The first kappa shape index (κ1) is 28.7. The first-order valence-corrected chi connectivity index (χ1v) is 20.9. The van der Waals surface area contributed by atoms with Gasteiger partial charge in [-0.1, -0.05) is 104 Å². The summed E-state index contributed by atoms with van der Waals surface area (Å²) in [7, 11) is -1.50. The lowest BCUT2D eigenvalue weighted by Crippen LogP contribution is -2.46. The van der Waals surface area contributed by atoms with Crippen molar-refractivity contribution in [2.45, 2.75) is 139 Å². The van der Waals surface area contributed by atoms with Crippen molar-refractivity contribution >= 4 is 31.6 Å². The Morgan fingerprint density at radius 1 is 0.692 bits per heavy atom. The Bertz CT molecular complexity index is 1110. The van der Waals surface area contributed by atoms with E-state index in [0.29, 0.717) is 0 Å². The molecule has 0 saturated heterocycles. The van der Waals surface area contributed by atoms with Crippen molar-refractivity contribution in [3.8, 4) is 0 Å². The summed E-state index contributed by atoms with van der Waals surface area (Å²) in [6.45, 7) is 24.9. The third-order valence-electron chi connectivity index (χ3n) is 11.8. The van der Waals surface area contributed by atoms with E-state index in [1.165, 1.54) is 32.1 Å². The molecule has 0 N–H and O–H groups in total. The van der Waals surface area contributed by atoms with E-state index < -0.39 is 8.07 Å². The molecular weight excluding hydrogens is 525 g/mol. The van der Waals surface area contributed by atoms with Gasteiger partial charge in [0, 0.05) is 10.5 Å². The number of hydrogen-bond donors (Lipinski definition) is 0. The maximum Gasteiger partial charge on any atom is 0.0563 e. The van der Waals surface area contributed by atoms with Crippen molar-refractivity contribution in [3.05, 3.63) is 56.9 Å². The van der Waals surface area contributed by atoms with Crippen LogP contribution >= 0.6 is 23.5 Å². The van der Waals surface area contributed by atoms with Crippen LogP contribution in [0.15, 0.2) is 40.2 Å². The first-order valence-electron chi connectivity index (χ1n) is 16.0. The summed E-state index contributed by atoms with van der Waals surface area (Å²) < 4.78 is 0. The van der Waals surface area contributed by atoms with Crippen molar-refractivity contribution in [3.63, 3.8) is 0 Å². The highest BCUT2D eigenvalue weighted by Crippen LogP contribution is 2.68. The smallest absolute Gasteiger partial charge is 0.0563 e. The fraction of sp³-hybridized carbons (Fsp3) is 0.722. The molecule has 3 fully saturated rings.